The smallest absolute Gasteiger partial charge is 0.501 e. The molecule has 322 valence electrons. The summed E-state index contributed by atoms with van der Waals surface area (Å²) in [6, 6.07) is 34.3. The first-order valence-electron chi connectivity index (χ1n) is 26.9. The molecule has 0 radical (unpaired) electrons. The van der Waals surface area contributed by atoms with E-state index in [9.17, 15) is 1.37 Å². The van der Waals surface area contributed by atoms with E-state index in [0.717, 1.165) is 72.9 Å². The third kappa shape index (κ3) is 8.18. The van der Waals surface area contributed by atoms with Crippen LogP contribution in [0.15, 0.2) is 108 Å². The van der Waals surface area contributed by atoms with Gasteiger partial charge in [0.25, 0.3) is 0 Å². The second-order valence-electron chi connectivity index (χ2n) is 19.0. The van der Waals surface area contributed by atoms with E-state index >= 15 is 0 Å². The molecule has 0 aliphatic heterocycles. The van der Waals surface area contributed by atoms with Crippen molar-refractivity contribution in [2.45, 2.75) is 106 Å². The fourth-order valence-corrected chi connectivity index (χ4v) is 10.4. The van der Waals surface area contributed by atoms with Crippen LogP contribution in [0.4, 0.5) is 0 Å². The van der Waals surface area contributed by atoms with E-state index in [4.69, 9.17) is 26.5 Å². The number of benzene rings is 5. The van der Waals surface area contributed by atoms with Gasteiger partial charge < -0.3 is 19.1 Å². The average Bonchev–Trinajstić information content (AvgIpc) is 3.68. The van der Waals surface area contributed by atoms with Gasteiger partial charge in [-0.05, 0) is 151 Å². The molecule has 0 saturated heterocycles. The van der Waals surface area contributed by atoms with Gasteiger partial charge in [-0.2, -0.15) is 0 Å². The van der Waals surface area contributed by atoms with Crippen molar-refractivity contribution in [1.29, 1.82) is 0 Å². The fourth-order valence-electron chi connectivity index (χ4n) is 10.4. The predicted octanol–water partition coefficient (Wildman–Crippen LogP) is 16.3. The van der Waals surface area contributed by atoms with Gasteiger partial charge in [0, 0.05) is 43.0 Å². The minimum absolute atomic E-state index is 0. The number of pyridine rings is 2. The van der Waals surface area contributed by atoms with E-state index in [1.807, 2.05) is 42.6 Å². The van der Waals surface area contributed by atoms with Crippen LogP contribution in [-0.4, -0.2) is 9.97 Å². The van der Waals surface area contributed by atoms with Gasteiger partial charge in [-0.1, -0.05) is 147 Å². The van der Waals surface area contributed by atoms with Gasteiger partial charge in [-0.3, -0.25) is 0 Å². The Kier molecular flexibility index (Phi) is 8.70. The molecule has 4 nitrogen and oxygen atoms in total. The molecule has 3 aromatic heterocycles. The number of aryl methyl sites for hydroxylation is 3. The third-order valence-electron chi connectivity index (χ3n) is 14.2. The van der Waals surface area contributed by atoms with E-state index in [-0.39, 0.29) is 71.7 Å². The largest absolute Gasteiger partial charge is 2.00 e. The summed E-state index contributed by atoms with van der Waals surface area (Å²) in [6.07, 6.45) is 9.81. The summed E-state index contributed by atoms with van der Waals surface area (Å²) in [7, 11) is 0. The van der Waals surface area contributed by atoms with Crippen molar-refractivity contribution in [1.82, 2.24) is 9.97 Å². The monoisotopic (exact) mass is 1020 g/mol. The summed E-state index contributed by atoms with van der Waals surface area (Å²) >= 11 is 0. The summed E-state index contributed by atoms with van der Waals surface area (Å²) in [4.78, 5) is 9.46. The van der Waals surface area contributed by atoms with Gasteiger partial charge in [-0.25, -0.2) is 0 Å². The Morgan fingerprint density at radius 1 is 0.762 bits per heavy atom. The molecule has 0 bridgehead atoms. The Bertz CT molecular complexity index is 3390. The summed E-state index contributed by atoms with van der Waals surface area (Å²) in [5.41, 5.74) is 4.84. The maximum Gasteiger partial charge on any atom is 2.00 e. The van der Waals surface area contributed by atoms with Crippen molar-refractivity contribution < 1.29 is 43.9 Å². The minimum Gasteiger partial charge on any atom is -0.501 e. The molecular formula is C58H58N2O2Pt. The van der Waals surface area contributed by atoms with Crippen molar-refractivity contribution in [3.8, 4) is 45.1 Å². The number of rotatable bonds is 7. The number of furan rings is 1. The number of nitrogens with zero attached hydrogens (tertiary/aromatic N) is 2. The van der Waals surface area contributed by atoms with E-state index < -0.39 is 37.6 Å². The van der Waals surface area contributed by atoms with Crippen molar-refractivity contribution in [2.75, 3.05) is 0 Å². The Balaban J connectivity index is 0.00000656. The van der Waals surface area contributed by atoms with Crippen LogP contribution in [0.3, 0.4) is 0 Å². The number of hydrogen-bond donors (Lipinski definition) is 0. The van der Waals surface area contributed by atoms with Crippen LogP contribution in [0.2, 0.25) is 0 Å². The van der Waals surface area contributed by atoms with E-state index in [0.29, 0.717) is 39.3 Å². The van der Waals surface area contributed by atoms with Crippen molar-refractivity contribution >= 4 is 32.7 Å². The first kappa shape index (κ1) is 32.6. The molecule has 5 heteroatoms. The van der Waals surface area contributed by atoms with Crippen molar-refractivity contribution in [3.05, 3.63) is 143 Å². The quantitative estimate of drug-likeness (QED) is 0.149. The maximum atomic E-state index is 9.81. The maximum absolute atomic E-state index is 9.81. The van der Waals surface area contributed by atoms with Gasteiger partial charge in [0.05, 0.1) is 5.58 Å². The van der Waals surface area contributed by atoms with Gasteiger partial charge in [0.15, 0.2) is 0 Å². The van der Waals surface area contributed by atoms with Crippen LogP contribution < -0.4 is 4.74 Å². The normalized spacial score (nSPS) is 23.7. The first-order valence-corrected chi connectivity index (χ1v) is 21.9. The SMILES string of the molecule is [2H]C([2H])([2H])c1cnc(-c2[c-]c(Oc3[c-]c(-c4cc(C5CCC(C)(C6([2H])CCC(C)(C)CC6)CC5C)c(C)cn4)c4oc5cc6ccccc6cc5c4c3)c(C([2H])([2H])[2H])c(-c3ccccc3)c2)cc1C([2H])([2H])[2H].[Pt+2]. The Morgan fingerprint density at radius 3 is 2.24 bits per heavy atom. The molecule has 2 aliphatic carbocycles. The molecule has 0 spiro atoms. The minimum atomic E-state index is -2.81. The summed E-state index contributed by atoms with van der Waals surface area (Å²) in [5.74, 6) is 0.0636. The van der Waals surface area contributed by atoms with Crippen LogP contribution in [0.25, 0.3) is 66.4 Å². The Morgan fingerprint density at radius 2 is 1.49 bits per heavy atom. The number of ether oxygens (including phenoxy) is 1. The molecule has 3 heterocycles. The predicted molar refractivity (Wildman–Crippen MR) is 256 cm³/mol. The van der Waals surface area contributed by atoms with Crippen LogP contribution in [0.1, 0.15) is 120 Å². The first-order chi connectivity index (χ1) is 33.8. The molecule has 63 heavy (non-hydrogen) atoms. The van der Waals surface area contributed by atoms with Crippen LogP contribution >= 0.6 is 0 Å². The molecule has 2 aliphatic rings. The topological polar surface area (TPSA) is 48.2 Å². The van der Waals surface area contributed by atoms with Crippen LogP contribution in [0.5, 0.6) is 11.5 Å². The van der Waals surface area contributed by atoms with Gasteiger partial charge >= 0.3 is 21.1 Å². The van der Waals surface area contributed by atoms with Gasteiger partial charge in [0.1, 0.15) is 5.58 Å². The number of hydrogen-bond acceptors (Lipinski definition) is 4. The van der Waals surface area contributed by atoms with E-state index in [1.54, 1.807) is 36.4 Å². The summed E-state index contributed by atoms with van der Waals surface area (Å²) < 4.78 is 99.2. The Hall–Kier alpha value is -5.05. The molecule has 5 aromatic carbocycles. The molecule has 8 aromatic rings. The molecule has 3 unspecified atom stereocenters. The molecule has 2 fully saturated rings. The molecule has 3 atom stereocenters. The van der Waals surface area contributed by atoms with Crippen molar-refractivity contribution in [3.63, 3.8) is 0 Å². The van der Waals surface area contributed by atoms with Gasteiger partial charge in [-0.15, -0.1) is 11.6 Å². The average molecular weight is 1020 g/mol. The number of fused-ring (bicyclic) bond motifs is 4. The molecule has 2 saturated carbocycles. The zero-order valence-electron chi connectivity index (χ0n) is 46.4. The summed E-state index contributed by atoms with van der Waals surface area (Å²) in [6.45, 7) is 3.13. The molecular weight excluding hydrogens is 952 g/mol. The zero-order valence-corrected chi connectivity index (χ0v) is 38.7. The molecule has 0 N–H and O–H groups in total. The van der Waals surface area contributed by atoms with Gasteiger partial charge in [0.2, 0.25) is 0 Å². The van der Waals surface area contributed by atoms with Crippen LogP contribution in [0, 0.1) is 62.3 Å². The summed E-state index contributed by atoms with van der Waals surface area (Å²) in [5, 5.41) is 3.49. The molecule has 10 rings (SSSR count). The Labute approximate surface area is 402 Å². The second-order valence-corrected chi connectivity index (χ2v) is 19.0. The standard InChI is InChI=1S/C58H58N2O2.Pt/c1-35-24-52(59-33-37(35)3)43-26-48(40-14-10-9-11-15-40)39(5)54(28-43)61-45-29-50-49-25-41-16-12-13-17-42(41)27-55(49)62-56(50)51(30-45)53-31-47(38(4)34-60-53)46-20-23-58(8,32-36(46)2)44-18-21-57(6,7)22-19-44;/h9-17,24-27,29,31,33-34,36,44,46H,18-23,32H2,1-8H3;/q-2;+2/i1D3,3D3,5D3,44D;. The molecule has 0 amide bonds. The second kappa shape index (κ2) is 16.8. The number of aromatic nitrogens is 2. The fraction of sp³-hybridized carbons (Fsp3) is 0.345. The van der Waals surface area contributed by atoms with Crippen molar-refractivity contribution in [2.24, 2.45) is 22.6 Å². The van der Waals surface area contributed by atoms with Crippen LogP contribution in [-0.2, 0) is 21.1 Å². The van der Waals surface area contributed by atoms with E-state index in [2.05, 4.69) is 63.9 Å². The zero-order chi connectivity index (χ0) is 51.3. The van der Waals surface area contributed by atoms with E-state index in [1.165, 1.54) is 11.6 Å². The third-order valence-corrected chi connectivity index (χ3v) is 14.2.